The number of nitrogens with two attached hydrogens (primary N) is 4. The molecule has 3 fully saturated rings. The third-order valence-corrected chi connectivity index (χ3v) is 6.55. The van der Waals surface area contributed by atoms with Gasteiger partial charge in [0.1, 0.15) is 30.0 Å². The number of hydrogen-bond donors (Lipinski definition) is 8. The average Bonchev–Trinajstić information content (AvgIpc) is 2.71. The SMILES string of the molecule is CN[C@@H]1[C@@H](O)[C@H](O[C@@H]2[C@@H](O)[C@H](O[C@H]3O[C@H](CN)CC[C@H]3N)[C@@H](N)C[C@H]2N)OC[C@]1(C)O. The zero-order valence-electron chi connectivity index (χ0n) is 18.2. The highest BCUT2D eigenvalue weighted by molar-refractivity contribution is 5.01. The van der Waals surface area contributed by atoms with Crippen molar-refractivity contribution in [2.75, 3.05) is 20.2 Å². The fourth-order valence-corrected chi connectivity index (χ4v) is 4.69. The Bertz CT molecular complexity index is 588. The van der Waals surface area contributed by atoms with Gasteiger partial charge in [0.2, 0.25) is 0 Å². The quantitative estimate of drug-likeness (QED) is 0.195. The number of ether oxygens (including phenoxy) is 4. The molecule has 0 aromatic heterocycles. The molecule has 31 heavy (non-hydrogen) atoms. The van der Waals surface area contributed by atoms with E-state index >= 15 is 0 Å². The molecule has 0 bridgehead atoms. The van der Waals surface area contributed by atoms with Crippen molar-refractivity contribution >= 4 is 0 Å². The van der Waals surface area contributed by atoms with Gasteiger partial charge in [-0.1, -0.05) is 0 Å². The van der Waals surface area contributed by atoms with Crippen LogP contribution in [0.25, 0.3) is 0 Å². The van der Waals surface area contributed by atoms with Crippen molar-refractivity contribution in [1.29, 1.82) is 0 Å². The first-order valence-corrected chi connectivity index (χ1v) is 10.9. The normalized spacial score (nSPS) is 51.6. The second-order valence-electron chi connectivity index (χ2n) is 9.15. The summed E-state index contributed by atoms with van der Waals surface area (Å²) >= 11 is 0. The topological polar surface area (TPSA) is 214 Å². The summed E-state index contributed by atoms with van der Waals surface area (Å²) in [4.78, 5) is 0. The number of likely N-dealkylation sites (N-methyl/N-ethyl adjacent to an activating group) is 1. The summed E-state index contributed by atoms with van der Waals surface area (Å²) in [5.74, 6) is 0. The van der Waals surface area contributed by atoms with E-state index in [2.05, 4.69) is 5.32 Å². The molecular formula is C19H39N5O7. The highest BCUT2D eigenvalue weighted by Gasteiger charge is 2.50. The van der Waals surface area contributed by atoms with Crippen LogP contribution in [-0.2, 0) is 18.9 Å². The summed E-state index contributed by atoms with van der Waals surface area (Å²) < 4.78 is 23.3. The Morgan fingerprint density at radius 2 is 1.61 bits per heavy atom. The minimum Gasteiger partial charge on any atom is -0.388 e. The van der Waals surface area contributed by atoms with Gasteiger partial charge in [0, 0.05) is 18.6 Å². The molecule has 1 aliphatic carbocycles. The lowest BCUT2D eigenvalue weighted by atomic mass is 9.84. The molecule has 1 saturated carbocycles. The molecule has 3 rings (SSSR count). The van der Waals surface area contributed by atoms with Crippen LogP contribution in [0.5, 0.6) is 0 Å². The maximum atomic E-state index is 11.0. The minimum absolute atomic E-state index is 0.0665. The largest absolute Gasteiger partial charge is 0.388 e. The molecule has 2 saturated heterocycles. The maximum absolute atomic E-state index is 11.0. The van der Waals surface area contributed by atoms with Crippen molar-refractivity contribution in [1.82, 2.24) is 5.32 Å². The minimum atomic E-state index is -1.29. The molecule has 12 heteroatoms. The third kappa shape index (κ3) is 5.37. The smallest absolute Gasteiger partial charge is 0.185 e. The van der Waals surface area contributed by atoms with Crippen LogP contribution in [0.3, 0.4) is 0 Å². The van der Waals surface area contributed by atoms with Gasteiger partial charge in [-0.25, -0.2) is 0 Å². The first-order valence-electron chi connectivity index (χ1n) is 10.9. The number of hydrogen-bond acceptors (Lipinski definition) is 12. The highest BCUT2D eigenvalue weighted by atomic mass is 16.7. The molecule has 0 spiro atoms. The van der Waals surface area contributed by atoms with Crippen LogP contribution in [-0.4, -0.2) is 108 Å². The zero-order valence-corrected chi connectivity index (χ0v) is 18.2. The van der Waals surface area contributed by atoms with Gasteiger partial charge in [0.15, 0.2) is 12.6 Å². The van der Waals surface area contributed by atoms with Gasteiger partial charge in [-0.2, -0.15) is 0 Å². The van der Waals surface area contributed by atoms with Crippen molar-refractivity contribution in [2.24, 2.45) is 22.9 Å². The van der Waals surface area contributed by atoms with E-state index in [0.717, 1.165) is 6.42 Å². The third-order valence-electron chi connectivity index (χ3n) is 6.55. The van der Waals surface area contributed by atoms with Crippen LogP contribution in [0.4, 0.5) is 0 Å². The molecule has 0 aromatic rings. The fraction of sp³-hybridized carbons (Fsp3) is 1.00. The zero-order chi connectivity index (χ0) is 22.9. The van der Waals surface area contributed by atoms with E-state index in [1.165, 1.54) is 0 Å². The summed E-state index contributed by atoms with van der Waals surface area (Å²) in [6, 6.07) is -2.26. The molecule has 3 aliphatic rings. The molecule has 182 valence electrons. The van der Waals surface area contributed by atoms with Crippen LogP contribution in [0.2, 0.25) is 0 Å². The van der Waals surface area contributed by atoms with E-state index in [0.29, 0.717) is 19.4 Å². The summed E-state index contributed by atoms with van der Waals surface area (Å²) in [6.45, 7) is 1.83. The molecule has 12 nitrogen and oxygen atoms in total. The Kier molecular flexibility index (Phi) is 8.27. The van der Waals surface area contributed by atoms with Gasteiger partial charge in [0.05, 0.1) is 24.8 Å². The Hall–Kier alpha value is -0.480. The van der Waals surface area contributed by atoms with Gasteiger partial charge in [-0.15, -0.1) is 0 Å². The Morgan fingerprint density at radius 3 is 2.19 bits per heavy atom. The monoisotopic (exact) mass is 449 g/mol. The highest BCUT2D eigenvalue weighted by Crippen LogP contribution is 2.31. The number of nitrogens with one attached hydrogen (secondary N) is 1. The second-order valence-corrected chi connectivity index (χ2v) is 9.15. The average molecular weight is 450 g/mol. The lowest BCUT2D eigenvalue weighted by molar-refractivity contribution is -0.306. The van der Waals surface area contributed by atoms with E-state index in [4.69, 9.17) is 41.9 Å². The lowest BCUT2D eigenvalue weighted by Crippen LogP contribution is -2.68. The van der Waals surface area contributed by atoms with Gasteiger partial charge >= 0.3 is 0 Å². The first kappa shape index (κ1) is 25.1. The first-order chi connectivity index (χ1) is 14.6. The van der Waals surface area contributed by atoms with Crippen LogP contribution in [0.15, 0.2) is 0 Å². The van der Waals surface area contributed by atoms with E-state index < -0.39 is 60.7 Å². The predicted molar refractivity (Wildman–Crippen MR) is 110 cm³/mol. The van der Waals surface area contributed by atoms with E-state index in [-0.39, 0.29) is 18.8 Å². The van der Waals surface area contributed by atoms with Crippen LogP contribution < -0.4 is 28.3 Å². The number of aliphatic hydroxyl groups excluding tert-OH is 2. The fourth-order valence-electron chi connectivity index (χ4n) is 4.69. The van der Waals surface area contributed by atoms with Gasteiger partial charge in [-0.05, 0) is 33.2 Å². The maximum Gasteiger partial charge on any atom is 0.185 e. The van der Waals surface area contributed by atoms with Crippen molar-refractivity contribution in [3.05, 3.63) is 0 Å². The lowest BCUT2D eigenvalue weighted by Gasteiger charge is -2.48. The van der Waals surface area contributed by atoms with Gasteiger partial charge in [0.25, 0.3) is 0 Å². The molecule has 2 heterocycles. The van der Waals surface area contributed by atoms with Crippen molar-refractivity contribution in [3.8, 4) is 0 Å². The number of rotatable bonds is 6. The van der Waals surface area contributed by atoms with E-state index in [1.54, 1.807) is 14.0 Å². The van der Waals surface area contributed by atoms with Gasteiger partial charge < -0.3 is 62.5 Å². The predicted octanol–water partition coefficient (Wildman–Crippen LogP) is -3.98. The van der Waals surface area contributed by atoms with Crippen LogP contribution in [0.1, 0.15) is 26.2 Å². The van der Waals surface area contributed by atoms with Crippen molar-refractivity contribution in [3.63, 3.8) is 0 Å². The molecule has 0 radical (unpaired) electrons. The van der Waals surface area contributed by atoms with Crippen molar-refractivity contribution in [2.45, 2.75) is 99.1 Å². The Morgan fingerprint density at radius 1 is 1.00 bits per heavy atom. The molecule has 2 aliphatic heterocycles. The van der Waals surface area contributed by atoms with Gasteiger partial charge in [-0.3, -0.25) is 0 Å². The Balaban J connectivity index is 1.68. The molecule has 0 unspecified atom stereocenters. The summed E-state index contributed by atoms with van der Waals surface area (Å²) in [7, 11) is 1.62. The summed E-state index contributed by atoms with van der Waals surface area (Å²) in [6.07, 6.45) is -4.48. The molecular weight excluding hydrogens is 410 g/mol. The van der Waals surface area contributed by atoms with Crippen LogP contribution >= 0.6 is 0 Å². The van der Waals surface area contributed by atoms with Crippen LogP contribution in [0, 0.1) is 0 Å². The molecule has 12 N–H and O–H groups in total. The van der Waals surface area contributed by atoms with Crippen molar-refractivity contribution < 1.29 is 34.3 Å². The summed E-state index contributed by atoms with van der Waals surface area (Å²) in [5, 5.41) is 34.9. The standard InChI is InChI=1S/C19H39N5O7/c1-19(27)7-28-18(13(26)16(19)24-2)31-15-11(23)5-10(22)14(12(15)25)30-17-9(21)4-3-8(6-20)29-17/h8-18,24-27H,3-7,20-23H2,1-2H3/t8-,9+,10-,11+,12-,13+,14+,15-,16+,17+,18-,19-/m0/s1. The molecule has 0 aromatic carbocycles. The molecule has 0 amide bonds. The van der Waals surface area contributed by atoms with E-state index in [9.17, 15) is 15.3 Å². The Labute approximate surface area is 182 Å². The molecule has 12 atom stereocenters. The summed E-state index contributed by atoms with van der Waals surface area (Å²) in [5.41, 5.74) is 23.0. The number of aliphatic hydroxyl groups is 3. The van der Waals surface area contributed by atoms with E-state index in [1.807, 2.05) is 0 Å². The second kappa shape index (κ2) is 10.2.